The molecule has 1 aromatic heterocycles. The van der Waals surface area contributed by atoms with Gasteiger partial charge in [0.05, 0.1) is 17.8 Å². The summed E-state index contributed by atoms with van der Waals surface area (Å²) in [5, 5.41) is 9.34. The molecular formula is C14H13FN4O2. The molecule has 0 unspecified atom stereocenters. The van der Waals surface area contributed by atoms with Gasteiger partial charge < -0.3 is 10.6 Å². The molecule has 7 heteroatoms. The fourth-order valence-electron chi connectivity index (χ4n) is 2.29. The van der Waals surface area contributed by atoms with E-state index < -0.39 is 17.8 Å². The van der Waals surface area contributed by atoms with E-state index in [9.17, 15) is 14.0 Å². The summed E-state index contributed by atoms with van der Waals surface area (Å²) >= 11 is 0. The summed E-state index contributed by atoms with van der Waals surface area (Å²) in [6, 6.07) is 6.77. The molecule has 0 aliphatic carbocycles. The van der Waals surface area contributed by atoms with Crippen LogP contribution in [-0.4, -0.2) is 21.6 Å². The maximum Gasteiger partial charge on any atom is 0.249 e. The Bertz CT molecular complexity index is 726. The number of benzene rings is 1. The molecule has 0 spiro atoms. The molecule has 0 bridgehead atoms. The molecule has 1 aromatic carbocycles. The van der Waals surface area contributed by atoms with Crippen LogP contribution in [0.5, 0.6) is 0 Å². The summed E-state index contributed by atoms with van der Waals surface area (Å²) in [5.74, 6) is -0.796. The molecule has 0 radical (unpaired) electrons. The van der Waals surface area contributed by atoms with Gasteiger partial charge in [-0.1, -0.05) is 12.1 Å². The first-order valence-corrected chi connectivity index (χ1v) is 6.46. The lowest BCUT2D eigenvalue weighted by Crippen LogP contribution is -2.35. The molecule has 1 aliphatic heterocycles. The van der Waals surface area contributed by atoms with Crippen molar-refractivity contribution in [2.75, 3.05) is 10.6 Å². The van der Waals surface area contributed by atoms with Crippen LogP contribution in [0.2, 0.25) is 0 Å². The van der Waals surface area contributed by atoms with Gasteiger partial charge >= 0.3 is 0 Å². The van der Waals surface area contributed by atoms with Crippen LogP contribution in [-0.2, 0) is 9.59 Å². The topological polar surface area (TPSA) is 76.0 Å². The molecule has 1 atom stereocenters. The van der Waals surface area contributed by atoms with Crippen LogP contribution < -0.4 is 10.6 Å². The first kappa shape index (κ1) is 13.3. The van der Waals surface area contributed by atoms with Crippen LogP contribution in [0.3, 0.4) is 0 Å². The molecule has 3 rings (SSSR count). The van der Waals surface area contributed by atoms with E-state index in [1.54, 1.807) is 19.1 Å². The fourth-order valence-corrected chi connectivity index (χ4v) is 2.29. The summed E-state index contributed by atoms with van der Waals surface area (Å²) in [4.78, 5) is 24.0. The first-order chi connectivity index (χ1) is 10.0. The Labute approximate surface area is 120 Å². The highest BCUT2D eigenvalue weighted by atomic mass is 19.1. The largest absolute Gasteiger partial charge is 0.322 e. The van der Waals surface area contributed by atoms with Crippen LogP contribution in [0.15, 0.2) is 30.3 Å². The zero-order chi connectivity index (χ0) is 15.0. The summed E-state index contributed by atoms with van der Waals surface area (Å²) in [6.45, 7) is 1.77. The zero-order valence-electron chi connectivity index (χ0n) is 11.3. The standard InChI is InChI=1S/C14H13FN4O2/c1-8-6-12-17-13(20)7-11(19(12)18-8)14(21)16-10-5-3-2-4-9(10)15/h2-6,11H,7H2,1H3,(H,16,21)(H,17,20)/t11-/m0/s1. The number of fused-ring (bicyclic) bond motifs is 1. The van der Waals surface area contributed by atoms with Gasteiger partial charge in [-0.3, -0.25) is 9.59 Å². The molecular weight excluding hydrogens is 275 g/mol. The second kappa shape index (κ2) is 5.01. The minimum atomic E-state index is -0.790. The third-order valence-corrected chi connectivity index (χ3v) is 3.23. The lowest BCUT2D eigenvalue weighted by molar-refractivity contribution is -0.125. The smallest absolute Gasteiger partial charge is 0.249 e. The molecule has 0 saturated carbocycles. The molecule has 21 heavy (non-hydrogen) atoms. The zero-order valence-corrected chi connectivity index (χ0v) is 11.3. The van der Waals surface area contributed by atoms with Gasteiger partial charge in [0.1, 0.15) is 17.7 Å². The fraction of sp³-hybridized carbons (Fsp3) is 0.214. The van der Waals surface area contributed by atoms with Crippen LogP contribution in [0.1, 0.15) is 18.2 Å². The van der Waals surface area contributed by atoms with E-state index >= 15 is 0 Å². The van der Waals surface area contributed by atoms with Gasteiger partial charge in [-0.15, -0.1) is 0 Å². The highest BCUT2D eigenvalue weighted by molar-refractivity contribution is 6.01. The van der Waals surface area contributed by atoms with Gasteiger partial charge in [0.15, 0.2) is 0 Å². The van der Waals surface area contributed by atoms with Gasteiger partial charge in [-0.25, -0.2) is 9.07 Å². The monoisotopic (exact) mass is 288 g/mol. The number of hydrogen-bond acceptors (Lipinski definition) is 3. The number of para-hydroxylation sites is 1. The Morgan fingerprint density at radius 3 is 3.00 bits per heavy atom. The number of hydrogen-bond donors (Lipinski definition) is 2. The summed E-state index contributed by atoms with van der Waals surface area (Å²) in [7, 11) is 0. The Kier molecular flexibility index (Phi) is 3.17. The van der Waals surface area contributed by atoms with Crippen molar-refractivity contribution in [2.45, 2.75) is 19.4 Å². The number of aryl methyl sites for hydroxylation is 1. The lowest BCUT2D eigenvalue weighted by atomic mass is 10.1. The van der Waals surface area contributed by atoms with Crippen molar-refractivity contribution in [1.29, 1.82) is 0 Å². The van der Waals surface area contributed by atoms with Crippen molar-refractivity contribution in [1.82, 2.24) is 9.78 Å². The van der Waals surface area contributed by atoms with E-state index in [-0.39, 0.29) is 18.0 Å². The van der Waals surface area contributed by atoms with Gasteiger partial charge in [0, 0.05) is 6.07 Å². The van der Waals surface area contributed by atoms with Crippen LogP contribution in [0.4, 0.5) is 15.9 Å². The number of rotatable bonds is 2. The third kappa shape index (κ3) is 2.49. The van der Waals surface area contributed by atoms with Gasteiger partial charge in [0.2, 0.25) is 11.8 Å². The number of aromatic nitrogens is 2. The molecule has 6 nitrogen and oxygen atoms in total. The molecule has 2 aromatic rings. The highest BCUT2D eigenvalue weighted by Crippen LogP contribution is 2.26. The number of halogens is 1. The molecule has 2 heterocycles. The lowest BCUT2D eigenvalue weighted by Gasteiger charge is -2.23. The second-order valence-electron chi connectivity index (χ2n) is 4.85. The normalized spacial score (nSPS) is 17.0. The minimum absolute atomic E-state index is 0.0333. The van der Waals surface area contributed by atoms with Crippen molar-refractivity contribution in [3.8, 4) is 0 Å². The summed E-state index contributed by atoms with van der Waals surface area (Å²) < 4.78 is 15.0. The van der Waals surface area contributed by atoms with Crippen molar-refractivity contribution in [3.63, 3.8) is 0 Å². The number of amides is 2. The van der Waals surface area contributed by atoms with Gasteiger partial charge in [-0.2, -0.15) is 5.10 Å². The molecule has 0 fully saturated rings. The number of nitrogens with zero attached hydrogens (tertiary/aromatic N) is 2. The Morgan fingerprint density at radius 2 is 2.24 bits per heavy atom. The maximum atomic E-state index is 13.6. The Morgan fingerprint density at radius 1 is 1.48 bits per heavy atom. The number of carbonyl (C=O) groups is 2. The number of nitrogens with one attached hydrogen (secondary N) is 2. The van der Waals surface area contributed by atoms with E-state index in [1.807, 2.05) is 0 Å². The van der Waals surface area contributed by atoms with Gasteiger partial charge in [-0.05, 0) is 19.1 Å². The molecule has 2 N–H and O–H groups in total. The number of anilines is 2. The maximum absolute atomic E-state index is 13.6. The van der Waals surface area contributed by atoms with E-state index in [0.717, 1.165) is 0 Å². The van der Waals surface area contributed by atoms with Crippen molar-refractivity contribution >= 4 is 23.3 Å². The average molecular weight is 288 g/mol. The summed E-state index contributed by atoms with van der Waals surface area (Å²) in [5.41, 5.74) is 0.773. The molecule has 108 valence electrons. The average Bonchev–Trinajstić information content (AvgIpc) is 2.80. The quantitative estimate of drug-likeness (QED) is 0.885. The van der Waals surface area contributed by atoms with E-state index in [1.165, 1.54) is 22.9 Å². The molecule has 1 aliphatic rings. The van der Waals surface area contributed by atoms with Gasteiger partial charge in [0.25, 0.3) is 0 Å². The predicted molar refractivity (Wildman–Crippen MR) is 74.3 cm³/mol. The highest BCUT2D eigenvalue weighted by Gasteiger charge is 2.31. The van der Waals surface area contributed by atoms with Crippen molar-refractivity contribution in [2.24, 2.45) is 0 Å². The Balaban J connectivity index is 1.88. The Hall–Kier alpha value is -2.70. The van der Waals surface area contributed by atoms with Crippen LogP contribution in [0, 0.1) is 12.7 Å². The second-order valence-corrected chi connectivity index (χ2v) is 4.85. The minimum Gasteiger partial charge on any atom is -0.322 e. The van der Waals surface area contributed by atoms with E-state index in [0.29, 0.717) is 11.5 Å². The SMILES string of the molecule is Cc1cc2n(n1)[C@H](C(=O)Nc1ccccc1F)CC(=O)N2. The molecule has 0 saturated heterocycles. The van der Waals surface area contributed by atoms with E-state index in [4.69, 9.17) is 0 Å². The summed E-state index contributed by atoms with van der Waals surface area (Å²) in [6.07, 6.45) is -0.0333. The van der Waals surface area contributed by atoms with E-state index in [2.05, 4.69) is 15.7 Å². The van der Waals surface area contributed by atoms with Crippen molar-refractivity contribution < 1.29 is 14.0 Å². The first-order valence-electron chi connectivity index (χ1n) is 6.46. The molecule has 2 amide bonds. The predicted octanol–water partition coefficient (Wildman–Crippen LogP) is 1.85. The third-order valence-electron chi connectivity index (χ3n) is 3.23. The van der Waals surface area contributed by atoms with Crippen LogP contribution in [0.25, 0.3) is 0 Å². The van der Waals surface area contributed by atoms with Crippen molar-refractivity contribution in [3.05, 3.63) is 41.8 Å². The number of carbonyl (C=O) groups excluding carboxylic acids is 2. The van der Waals surface area contributed by atoms with Crippen LogP contribution >= 0.6 is 0 Å².